The van der Waals surface area contributed by atoms with Crippen molar-refractivity contribution in [2.45, 2.75) is 13.1 Å². The van der Waals surface area contributed by atoms with Crippen LogP contribution in [0.1, 0.15) is 11.4 Å². The molecule has 12 nitrogen and oxygen atoms in total. The quantitative estimate of drug-likeness (QED) is 0.248. The van der Waals surface area contributed by atoms with Crippen LogP contribution in [0.25, 0.3) is 22.8 Å². The third-order valence-corrected chi connectivity index (χ3v) is 8.55. The van der Waals surface area contributed by atoms with Crippen LogP contribution in [0.3, 0.4) is 0 Å². The predicted molar refractivity (Wildman–Crippen MR) is 187 cm³/mol. The summed E-state index contributed by atoms with van der Waals surface area (Å²) in [5.74, 6) is 3.51. The monoisotopic (exact) mass is 640 g/mol. The first-order valence-electron chi connectivity index (χ1n) is 16.4. The van der Waals surface area contributed by atoms with Gasteiger partial charge in [-0.3, -0.25) is 9.80 Å². The van der Waals surface area contributed by atoms with E-state index in [-0.39, 0.29) is 0 Å². The lowest BCUT2D eigenvalue weighted by molar-refractivity contribution is 0.246. The van der Waals surface area contributed by atoms with E-state index in [0.29, 0.717) is 0 Å². The van der Waals surface area contributed by atoms with Crippen LogP contribution < -0.4 is 9.80 Å². The minimum absolute atomic E-state index is 0.824. The van der Waals surface area contributed by atoms with Gasteiger partial charge in [0.25, 0.3) is 0 Å². The van der Waals surface area contributed by atoms with Gasteiger partial charge in [-0.15, -0.1) is 0 Å². The highest BCUT2D eigenvalue weighted by molar-refractivity contribution is 5.55. The molecule has 0 radical (unpaired) electrons. The summed E-state index contributed by atoms with van der Waals surface area (Å²) >= 11 is 0. The molecule has 0 unspecified atom stereocenters. The maximum absolute atomic E-state index is 4.50. The Bertz CT molecular complexity index is 1660. The van der Waals surface area contributed by atoms with Gasteiger partial charge in [0.05, 0.1) is 0 Å². The predicted octanol–water partition coefficient (Wildman–Crippen LogP) is 4.38. The Morgan fingerprint density at radius 2 is 0.812 bits per heavy atom. The second-order valence-corrected chi connectivity index (χ2v) is 11.9. The lowest BCUT2D eigenvalue weighted by atomic mass is 10.2. The average molecular weight is 641 g/mol. The Balaban J connectivity index is 0.000000152. The van der Waals surface area contributed by atoms with Crippen LogP contribution in [0, 0.1) is 0 Å². The molecule has 0 bridgehead atoms. The zero-order chi connectivity index (χ0) is 32.4. The van der Waals surface area contributed by atoms with Crippen molar-refractivity contribution in [1.82, 2.24) is 49.7 Å². The molecule has 0 saturated carbocycles. The maximum atomic E-state index is 4.50. The Kier molecular flexibility index (Phi) is 10.0. The van der Waals surface area contributed by atoms with Crippen molar-refractivity contribution >= 4 is 11.9 Å². The van der Waals surface area contributed by atoms with E-state index in [1.807, 2.05) is 60.9 Å². The first-order chi connectivity index (χ1) is 23.8. The van der Waals surface area contributed by atoms with E-state index in [1.54, 1.807) is 24.8 Å². The number of imidazole rings is 2. The molecule has 0 amide bonds. The lowest BCUT2D eigenvalue weighted by Gasteiger charge is -2.34. The third kappa shape index (κ3) is 8.08. The van der Waals surface area contributed by atoms with Gasteiger partial charge in [-0.25, -0.2) is 29.9 Å². The number of H-pyrrole nitrogens is 2. The fraction of sp³-hybridized carbons (Fsp3) is 0.278. The van der Waals surface area contributed by atoms with Crippen molar-refractivity contribution in [2.24, 2.45) is 0 Å². The van der Waals surface area contributed by atoms with Gasteiger partial charge in [0, 0.05) is 125 Å². The van der Waals surface area contributed by atoms with E-state index in [9.17, 15) is 0 Å². The SMILES string of the molecule is c1ccc(-c2ncc(CN3CCN(c4ncccn4)CC3)[nH]2)cc1.c1ccc(-c2ncc(CN3CCN(c4ncccn4)CC3)[nH]2)cc1. The van der Waals surface area contributed by atoms with Crippen molar-refractivity contribution in [3.05, 3.63) is 121 Å². The normalized spacial score (nSPS) is 15.6. The highest BCUT2D eigenvalue weighted by atomic mass is 15.3. The molecular weight excluding hydrogens is 600 g/mol. The first kappa shape index (κ1) is 31.2. The summed E-state index contributed by atoms with van der Waals surface area (Å²) in [6, 6.07) is 24.1. The lowest BCUT2D eigenvalue weighted by Crippen LogP contribution is -2.46. The van der Waals surface area contributed by atoms with E-state index in [0.717, 1.165) is 112 Å². The minimum Gasteiger partial charge on any atom is -0.341 e. The Labute approximate surface area is 280 Å². The molecule has 2 fully saturated rings. The van der Waals surface area contributed by atoms with Crippen LogP contribution in [0.2, 0.25) is 0 Å². The number of nitrogens with zero attached hydrogens (tertiary/aromatic N) is 10. The molecule has 0 atom stereocenters. The van der Waals surface area contributed by atoms with Crippen molar-refractivity contribution in [1.29, 1.82) is 0 Å². The number of nitrogens with one attached hydrogen (secondary N) is 2. The molecule has 2 aromatic carbocycles. The molecule has 0 spiro atoms. The van der Waals surface area contributed by atoms with Gasteiger partial charge in [0.1, 0.15) is 11.6 Å². The molecule has 2 saturated heterocycles. The average Bonchev–Trinajstić information content (AvgIpc) is 3.84. The van der Waals surface area contributed by atoms with E-state index < -0.39 is 0 Å². The fourth-order valence-corrected chi connectivity index (χ4v) is 5.97. The van der Waals surface area contributed by atoms with Gasteiger partial charge in [0.2, 0.25) is 11.9 Å². The highest BCUT2D eigenvalue weighted by Crippen LogP contribution is 2.18. The second-order valence-electron chi connectivity index (χ2n) is 11.9. The summed E-state index contributed by atoms with van der Waals surface area (Å²) in [5.41, 5.74) is 4.54. The standard InChI is InChI=1S/2C18H20N6/c2*1-2-5-15(6-3-1)17-21-13-16(22-17)14-23-9-11-24(12-10-23)18-19-7-4-8-20-18/h2*1-8,13H,9-12,14H2,(H,21,22). The Hall–Kier alpha value is -5.46. The Morgan fingerprint density at radius 1 is 0.438 bits per heavy atom. The van der Waals surface area contributed by atoms with Gasteiger partial charge in [-0.1, -0.05) is 60.7 Å². The van der Waals surface area contributed by atoms with Crippen LogP contribution in [0.4, 0.5) is 11.9 Å². The van der Waals surface area contributed by atoms with Crippen molar-refractivity contribution < 1.29 is 0 Å². The highest BCUT2D eigenvalue weighted by Gasteiger charge is 2.20. The topological polar surface area (TPSA) is 122 Å². The van der Waals surface area contributed by atoms with E-state index >= 15 is 0 Å². The molecular formula is C36H40N12. The molecule has 6 aromatic rings. The molecule has 8 rings (SSSR count). The molecule has 2 N–H and O–H groups in total. The Morgan fingerprint density at radius 3 is 1.19 bits per heavy atom. The molecule has 4 aromatic heterocycles. The zero-order valence-corrected chi connectivity index (χ0v) is 26.9. The summed E-state index contributed by atoms with van der Waals surface area (Å²) in [7, 11) is 0. The van der Waals surface area contributed by atoms with Crippen LogP contribution in [0.15, 0.2) is 110 Å². The largest absolute Gasteiger partial charge is 0.341 e. The summed E-state index contributed by atoms with van der Waals surface area (Å²) < 4.78 is 0. The van der Waals surface area contributed by atoms with Crippen LogP contribution in [0.5, 0.6) is 0 Å². The number of rotatable bonds is 8. The molecule has 0 aliphatic carbocycles. The van der Waals surface area contributed by atoms with Gasteiger partial charge < -0.3 is 19.8 Å². The summed E-state index contributed by atoms with van der Waals surface area (Å²) in [4.78, 5) is 42.5. The number of anilines is 2. The van der Waals surface area contributed by atoms with E-state index in [2.05, 4.69) is 83.7 Å². The smallest absolute Gasteiger partial charge is 0.225 e. The number of hydrogen-bond acceptors (Lipinski definition) is 10. The molecule has 12 heteroatoms. The van der Waals surface area contributed by atoms with Crippen molar-refractivity contribution in [3.63, 3.8) is 0 Å². The molecule has 6 heterocycles. The summed E-state index contributed by atoms with van der Waals surface area (Å²) in [6.07, 6.45) is 11.1. The third-order valence-electron chi connectivity index (χ3n) is 8.55. The molecule has 2 aliphatic heterocycles. The second kappa shape index (κ2) is 15.4. The number of benzene rings is 2. The van der Waals surface area contributed by atoms with E-state index in [1.165, 1.54) is 0 Å². The van der Waals surface area contributed by atoms with Gasteiger partial charge in [-0.05, 0) is 12.1 Å². The summed E-state index contributed by atoms with van der Waals surface area (Å²) in [5, 5.41) is 0. The maximum Gasteiger partial charge on any atom is 0.225 e. The number of piperazine rings is 2. The molecule has 48 heavy (non-hydrogen) atoms. The van der Waals surface area contributed by atoms with Crippen LogP contribution in [-0.4, -0.2) is 102 Å². The number of aromatic nitrogens is 8. The fourth-order valence-electron chi connectivity index (χ4n) is 5.97. The number of aromatic amines is 2. The van der Waals surface area contributed by atoms with Gasteiger partial charge >= 0.3 is 0 Å². The van der Waals surface area contributed by atoms with Crippen molar-refractivity contribution in [3.8, 4) is 22.8 Å². The zero-order valence-electron chi connectivity index (χ0n) is 26.9. The first-order valence-corrected chi connectivity index (χ1v) is 16.4. The van der Waals surface area contributed by atoms with Gasteiger partial charge in [0.15, 0.2) is 0 Å². The van der Waals surface area contributed by atoms with Crippen LogP contribution in [-0.2, 0) is 13.1 Å². The molecule has 244 valence electrons. The van der Waals surface area contributed by atoms with Gasteiger partial charge in [-0.2, -0.15) is 0 Å². The summed E-state index contributed by atoms with van der Waals surface area (Å²) in [6.45, 7) is 9.57. The van der Waals surface area contributed by atoms with E-state index in [4.69, 9.17) is 0 Å². The van der Waals surface area contributed by atoms with Crippen molar-refractivity contribution in [2.75, 3.05) is 62.2 Å². The molecule has 2 aliphatic rings. The number of hydrogen-bond donors (Lipinski definition) is 2. The minimum atomic E-state index is 0.824. The van der Waals surface area contributed by atoms with Crippen LogP contribution >= 0.6 is 0 Å².